The summed E-state index contributed by atoms with van der Waals surface area (Å²) in [5.41, 5.74) is 2.69. The van der Waals surface area contributed by atoms with E-state index in [-0.39, 0.29) is 5.56 Å². The summed E-state index contributed by atoms with van der Waals surface area (Å²) < 4.78 is 0. The maximum Gasteiger partial charge on any atom is 0.335 e. The molecule has 3 nitrogen and oxygen atoms in total. The van der Waals surface area contributed by atoms with E-state index >= 15 is 0 Å². The molecule has 0 bridgehead atoms. The summed E-state index contributed by atoms with van der Waals surface area (Å²) in [5.74, 6) is -0.936. The van der Waals surface area contributed by atoms with E-state index in [9.17, 15) is 4.79 Å². The highest BCUT2D eigenvalue weighted by Crippen LogP contribution is 2.19. The number of hydrogen-bond acceptors (Lipinski definition) is 2. The zero-order chi connectivity index (χ0) is 15.5. The maximum atomic E-state index is 11.0. The van der Waals surface area contributed by atoms with E-state index in [0.717, 1.165) is 22.2 Å². The molecule has 1 N–H and O–H groups in total. The minimum Gasteiger partial charge on any atom is -0.478 e. The number of fused-ring (bicyclic) bond motifs is 1. The fourth-order valence-electron chi connectivity index (χ4n) is 2.16. The van der Waals surface area contributed by atoms with E-state index in [1.807, 2.05) is 48.6 Å². The lowest BCUT2D eigenvalue weighted by Gasteiger charge is -2.00. The number of aromatic nitrogens is 1. The van der Waals surface area contributed by atoms with Crippen LogP contribution in [0.25, 0.3) is 23.1 Å². The SMILES string of the molecule is O=C(O)c1cccc(/C=C/c2ccc3ccc(Cl)cc3n2)c1. The molecule has 0 spiro atoms. The van der Waals surface area contributed by atoms with E-state index in [1.54, 1.807) is 18.2 Å². The van der Waals surface area contributed by atoms with Crippen molar-refractivity contribution in [2.45, 2.75) is 0 Å². The van der Waals surface area contributed by atoms with E-state index < -0.39 is 5.97 Å². The predicted octanol–water partition coefficient (Wildman–Crippen LogP) is 4.76. The molecule has 0 aliphatic heterocycles. The van der Waals surface area contributed by atoms with Crippen LogP contribution in [0.1, 0.15) is 21.6 Å². The Kier molecular flexibility index (Phi) is 3.90. The summed E-state index contributed by atoms with van der Waals surface area (Å²) in [5, 5.41) is 10.7. The smallest absolute Gasteiger partial charge is 0.335 e. The molecule has 0 atom stereocenters. The van der Waals surface area contributed by atoms with Gasteiger partial charge < -0.3 is 5.11 Å². The molecular formula is C18H12ClNO2. The summed E-state index contributed by atoms with van der Waals surface area (Å²) >= 11 is 5.98. The maximum absolute atomic E-state index is 11.0. The molecule has 0 unspecified atom stereocenters. The number of hydrogen-bond donors (Lipinski definition) is 1. The Morgan fingerprint density at radius 3 is 2.68 bits per heavy atom. The van der Waals surface area contributed by atoms with Crippen molar-refractivity contribution >= 4 is 40.6 Å². The average Bonchev–Trinajstić information content (AvgIpc) is 2.52. The van der Waals surface area contributed by atoms with Crippen LogP contribution >= 0.6 is 11.6 Å². The third-order valence-corrected chi connectivity index (χ3v) is 3.49. The standard InChI is InChI=1S/C18H12ClNO2/c19-15-7-5-13-6-9-16(20-17(13)11-15)8-4-12-2-1-3-14(10-12)18(21)22/h1-11H,(H,21,22)/b8-4+. The first-order chi connectivity index (χ1) is 10.6. The summed E-state index contributed by atoms with van der Waals surface area (Å²) in [6, 6.07) is 16.2. The molecule has 1 aromatic heterocycles. The van der Waals surface area contributed by atoms with Crippen molar-refractivity contribution in [3.05, 3.63) is 76.4 Å². The number of carbonyl (C=O) groups is 1. The second kappa shape index (κ2) is 6.00. The molecule has 0 saturated carbocycles. The van der Waals surface area contributed by atoms with Gasteiger partial charge in [0, 0.05) is 10.4 Å². The van der Waals surface area contributed by atoms with E-state index in [1.165, 1.54) is 0 Å². The summed E-state index contributed by atoms with van der Waals surface area (Å²) in [6.07, 6.45) is 3.69. The van der Waals surface area contributed by atoms with Crippen LogP contribution < -0.4 is 0 Å². The summed E-state index contributed by atoms with van der Waals surface area (Å²) in [4.78, 5) is 15.5. The predicted molar refractivity (Wildman–Crippen MR) is 89.1 cm³/mol. The van der Waals surface area contributed by atoms with Crippen LogP contribution in [0.5, 0.6) is 0 Å². The normalized spacial score (nSPS) is 11.1. The molecule has 0 aliphatic carbocycles. The second-order valence-electron chi connectivity index (χ2n) is 4.84. The van der Waals surface area contributed by atoms with Crippen LogP contribution in [0.3, 0.4) is 0 Å². The molecule has 0 fully saturated rings. The topological polar surface area (TPSA) is 50.2 Å². The molecule has 108 valence electrons. The van der Waals surface area contributed by atoms with Gasteiger partial charge in [-0.3, -0.25) is 0 Å². The van der Waals surface area contributed by atoms with Gasteiger partial charge in [-0.25, -0.2) is 9.78 Å². The molecule has 2 aromatic carbocycles. The zero-order valence-corrected chi connectivity index (χ0v) is 12.3. The number of carboxylic acid groups (broad SMARTS) is 1. The fraction of sp³-hybridized carbons (Fsp3) is 0. The van der Waals surface area contributed by atoms with Crippen molar-refractivity contribution in [1.29, 1.82) is 0 Å². The number of benzene rings is 2. The summed E-state index contributed by atoms with van der Waals surface area (Å²) in [7, 11) is 0. The Morgan fingerprint density at radius 2 is 1.86 bits per heavy atom. The Bertz CT molecular complexity index is 887. The first kappa shape index (κ1) is 14.3. The van der Waals surface area contributed by atoms with Crippen molar-refractivity contribution in [3.8, 4) is 0 Å². The van der Waals surface area contributed by atoms with Gasteiger partial charge in [0.25, 0.3) is 0 Å². The van der Waals surface area contributed by atoms with Crippen molar-refractivity contribution in [1.82, 2.24) is 4.98 Å². The average molecular weight is 310 g/mol. The minimum absolute atomic E-state index is 0.264. The van der Waals surface area contributed by atoms with Crippen LogP contribution in [-0.4, -0.2) is 16.1 Å². The Labute approximate surface area is 132 Å². The molecule has 4 heteroatoms. The van der Waals surface area contributed by atoms with Crippen molar-refractivity contribution in [2.24, 2.45) is 0 Å². The van der Waals surface area contributed by atoms with Crippen LogP contribution in [-0.2, 0) is 0 Å². The van der Waals surface area contributed by atoms with Gasteiger partial charge >= 0.3 is 5.97 Å². The fourth-order valence-corrected chi connectivity index (χ4v) is 2.32. The first-order valence-corrected chi connectivity index (χ1v) is 7.07. The molecule has 1 heterocycles. The van der Waals surface area contributed by atoms with Gasteiger partial charge in [0.15, 0.2) is 0 Å². The van der Waals surface area contributed by atoms with Crippen LogP contribution in [0.4, 0.5) is 0 Å². The van der Waals surface area contributed by atoms with Gasteiger partial charge in [0.1, 0.15) is 0 Å². The highest BCUT2D eigenvalue weighted by molar-refractivity contribution is 6.31. The zero-order valence-electron chi connectivity index (χ0n) is 11.5. The van der Waals surface area contributed by atoms with Gasteiger partial charge in [-0.15, -0.1) is 0 Å². The Morgan fingerprint density at radius 1 is 1.05 bits per heavy atom. The van der Waals surface area contributed by atoms with Crippen molar-refractivity contribution in [2.75, 3.05) is 0 Å². The van der Waals surface area contributed by atoms with Gasteiger partial charge in [-0.2, -0.15) is 0 Å². The first-order valence-electron chi connectivity index (χ1n) is 6.69. The number of aromatic carboxylic acids is 1. The minimum atomic E-state index is -0.936. The molecule has 3 aromatic rings. The molecule has 0 saturated heterocycles. The van der Waals surface area contributed by atoms with E-state index in [4.69, 9.17) is 16.7 Å². The number of halogens is 1. The van der Waals surface area contributed by atoms with Gasteiger partial charge in [-0.05, 0) is 42.0 Å². The largest absolute Gasteiger partial charge is 0.478 e. The molecular weight excluding hydrogens is 298 g/mol. The molecule has 0 aliphatic rings. The van der Waals surface area contributed by atoms with Gasteiger partial charge in [0.2, 0.25) is 0 Å². The van der Waals surface area contributed by atoms with Crippen LogP contribution in [0.15, 0.2) is 54.6 Å². The van der Waals surface area contributed by atoms with Gasteiger partial charge in [-0.1, -0.05) is 41.9 Å². The highest BCUT2D eigenvalue weighted by Gasteiger charge is 2.01. The third-order valence-electron chi connectivity index (χ3n) is 3.26. The number of rotatable bonds is 3. The Hall–Kier alpha value is -2.65. The molecule has 3 rings (SSSR count). The van der Waals surface area contributed by atoms with Crippen molar-refractivity contribution < 1.29 is 9.90 Å². The van der Waals surface area contributed by atoms with E-state index in [2.05, 4.69) is 4.98 Å². The van der Waals surface area contributed by atoms with E-state index in [0.29, 0.717) is 5.02 Å². The van der Waals surface area contributed by atoms with Crippen molar-refractivity contribution in [3.63, 3.8) is 0 Å². The lowest BCUT2D eigenvalue weighted by atomic mass is 10.1. The molecule has 0 amide bonds. The Balaban J connectivity index is 1.92. The van der Waals surface area contributed by atoms with Gasteiger partial charge in [0.05, 0.1) is 16.8 Å². The third kappa shape index (κ3) is 3.15. The quantitative estimate of drug-likeness (QED) is 0.759. The van der Waals surface area contributed by atoms with Crippen LogP contribution in [0, 0.1) is 0 Å². The number of pyridine rings is 1. The lowest BCUT2D eigenvalue weighted by Crippen LogP contribution is -1.95. The number of nitrogens with zero attached hydrogens (tertiary/aromatic N) is 1. The molecule has 0 radical (unpaired) electrons. The highest BCUT2D eigenvalue weighted by atomic mass is 35.5. The number of carboxylic acids is 1. The lowest BCUT2D eigenvalue weighted by molar-refractivity contribution is 0.0697. The monoisotopic (exact) mass is 309 g/mol. The van der Waals surface area contributed by atoms with Crippen LogP contribution in [0.2, 0.25) is 5.02 Å². The molecule has 22 heavy (non-hydrogen) atoms. The second-order valence-corrected chi connectivity index (χ2v) is 5.27. The summed E-state index contributed by atoms with van der Waals surface area (Å²) in [6.45, 7) is 0.